The molecule has 0 aliphatic rings. The molecule has 9 heteroatoms. The highest BCUT2D eigenvalue weighted by molar-refractivity contribution is 7.89. The second-order valence-electron chi connectivity index (χ2n) is 3.36. The van der Waals surface area contributed by atoms with Gasteiger partial charge in [-0.3, -0.25) is 9.78 Å². The zero-order valence-corrected chi connectivity index (χ0v) is 9.98. The van der Waals surface area contributed by atoms with Crippen LogP contribution in [0.5, 0.6) is 0 Å². The Labute approximate surface area is 103 Å². The van der Waals surface area contributed by atoms with Crippen molar-refractivity contribution in [3.8, 4) is 0 Å². The Morgan fingerprint density at radius 3 is 2.50 bits per heavy atom. The first-order valence-corrected chi connectivity index (χ1v) is 6.49. The van der Waals surface area contributed by atoms with E-state index in [0.29, 0.717) is 0 Å². The fraction of sp³-hybridized carbons (Fsp3) is 0.222. The topological polar surface area (TPSA) is 139 Å². The number of carboxylic acids is 1. The van der Waals surface area contributed by atoms with Gasteiger partial charge >= 0.3 is 5.97 Å². The molecule has 0 bridgehead atoms. The number of carboxylic acid groups (broad SMARTS) is 1. The van der Waals surface area contributed by atoms with Crippen molar-refractivity contribution >= 4 is 21.9 Å². The molecule has 0 radical (unpaired) electrons. The van der Waals surface area contributed by atoms with Crippen LogP contribution >= 0.6 is 0 Å². The van der Waals surface area contributed by atoms with Gasteiger partial charge in [-0.05, 0) is 12.1 Å². The monoisotopic (exact) mass is 273 g/mol. The average molecular weight is 273 g/mol. The number of pyridine rings is 1. The first-order valence-electron chi connectivity index (χ1n) is 4.77. The molecule has 0 aromatic carbocycles. The number of aromatic nitrogens is 1. The van der Waals surface area contributed by atoms with E-state index in [2.05, 4.69) is 10.3 Å². The van der Waals surface area contributed by atoms with Crippen molar-refractivity contribution in [1.29, 1.82) is 0 Å². The summed E-state index contributed by atoms with van der Waals surface area (Å²) >= 11 is 0. The molecule has 0 aliphatic carbocycles. The van der Waals surface area contributed by atoms with Crippen molar-refractivity contribution in [3.05, 3.63) is 29.6 Å². The summed E-state index contributed by atoms with van der Waals surface area (Å²) in [6.07, 6.45) is 1.04. The van der Waals surface area contributed by atoms with Crippen LogP contribution in [0, 0.1) is 0 Å². The van der Waals surface area contributed by atoms with Crippen LogP contribution in [0.2, 0.25) is 0 Å². The Balaban J connectivity index is 2.59. The number of nitrogens with two attached hydrogens (primary N) is 1. The van der Waals surface area contributed by atoms with Gasteiger partial charge < -0.3 is 10.4 Å². The molecular weight excluding hydrogens is 262 g/mol. The Bertz CT molecular complexity index is 552. The minimum absolute atomic E-state index is 0.00517. The molecule has 0 saturated carbocycles. The summed E-state index contributed by atoms with van der Waals surface area (Å²) in [5.74, 6) is -2.13. The maximum absolute atomic E-state index is 11.5. The normalized spacial score (nSPS) is 10.9. The molecule has 0 spiro atoms. The lowest BCUT2D eigenvalue weighted by molar-refractivity contribution is 0.0695. The van der Waals surface area contributed by atoms with Gasteiger partial charge in [0, 0.05) is 12.7 Å². The predicted octanol–water partition coefficient (Wildman–Crippen LogP) is -1.20. The van der Waals surface area contributed by atoms with Gasteiger partial charge in [0.1, 0.15) is 5.69 Å². The second kappa shape index (κ2) is 5.56. The van der Waals surface area contributed by atoms with Crippen LogP contribution < -0.4 is 10.5 Å². The van der Waals surface area contributed by atoms with E-state index in [1.807, 2.05) is 0 Å². The summed E-state index contributed by atoms with van der Waals surface area (Å²) in [7, 11) is -3.63. The number of carbonyl (C=O) groups is 2. The minimum Gasteiger partial charge on any atom is -0.478 e. The SMILES string of the molecule is NS(=O)(=O)CCNC(=O)c1ccc(C(=O)O)cn1. The number of rotatable bonds is 5. The Morgan fingerprint density at radius 1 is 1.39 bits per heavy atom. The van der Waals surface area contributed by atoms with Crippen LogP contribution in [0.25, 0.3) is 0 Å². The summed E-state index contributed by atoms with van der Waals surface area (Å²) in [4.78, 5) is 25.6. The number of nitrogens with one attached hydrogen (secondary N) is 1. The fourth-order valence-electron chi connectivity index (χ4n) is 1.05. The molecule has 1 aromatic rings. The van der Waals surface area contributed by atoms with Crippen molar-refractivity contribution in [2.24, 2.45) is 5.14 Å². The van der Waals surface area contributed by atoms with Crippen molar-refractivity contribution in [2.45, 2.75) is 0 Å². The highest BCUT2D eigenvalue weighted by atomic mass is 32.2. The standard InChI is InChI=1S/C9H11N3O5S/c10-18(16,17)4-3-11-8(13)7-2-1-6(5-12-7)9(14)15/h1-2,5H,3-4H2,(H,11,13)(H,14,15)(H2,10,16,17). The molecule has 4 N–H and O–H groups in total. The number of amides is 1. The van der Waals surface area contributed by atoms with Crippen molar-refractivity contribution in [3.63, 3.8) is 0 Å². The third-order valence-electron chi connectivity index (χ3n) is 1.92. The lowest BCUT2D eigenvalue weighted by Crippen LogP contribution is -2.31. The quantitative estimate of drug-likeness (QED) is 0.615. The highest BCUT2D eigenvalue weighted by Crippen LogP contribution is 2.00. The van der Waals surface area contributed by atoms with Gasteiger partial charge in [-0.15, -0.1) is 0 Å². The molecule has 0 atom stereocenters. The average Bonchev–Trinajstić information content (AvgIpc) is 2.27. The third kappa shape index (κ3) is 4.47. The van der Waals surface area contributed by atoms with Crippen molar-refractivity contribution in [2.75, 3.05) is 12.3 Å². The molecule has 0 aliphatic heterocycles. The molecule has 1 rings (SSSR count). The van der Waals surface area contributed by atoms with Crippen LogP contribution in [-0.4, -0.2) is 42.7 Å². The van der Waals surface area contributed by atoms with E-state index in [1.165, 1.54) is 12.1 Å². The molecule has 0 saturated heterocycles. The molecular formula is C9H11N3O5S. The summed E-state index contributed by atoms with van der Waals surface area (Å²) < 4.78 is 21.2. The summed E-state index contributed by atoms with van der Waals surface area (Å²) in [6.45, 7) is -0.139. The van der Waals surface area contributed by atoms with Gasteiger partial charge in [0.15, 0.2) is 0 Å². The zero-order chi connectivity index (χ0) is 13.8. The van der Waals surface area contributed by atoms with E-state index in [-0.39, 0.29) is 23.6 Å². The second-order valence-corrected chi connectivity index (χ2v) is 5.09. The minimum atomic E-state index is -3.63. The van der Waals surface area contributed by atoms with Gasteiger partial charge in [-0.2, -0.15) is 0 Å². The van der Waals surface area contributed by atoms with E-state index in [1.54, 1.807) is 0 Å². The summed E-state index contributed by atoms with van der Waals surface area (Å²) in [5, 5.41) is 15.7. The van der Waals surface area contributed by atoms with Crippen LogP contribution in [0.1, 0.15) is 20.8 Å². The number of carbonyl (C=O) groups excluding carboxylic acids is 1. The van der Waals surface area contributed by atoms with E-state index in [4.69, 9.17) is 10.2 Å². The largest absolute Gasteiger partial charge is 0.478 e. The number of primary sulfonamides is 1. The highest BCUT2D eigenvalue weighted by Gasteiger charge is 2.10. The number of aromatic carboxylic acids is 1. The van der Waals surface area contributed by atoms with Crippen molar-refractivity contribution < 1.29 is 23.1 Å². The number of nitrogens with zero attached hydrogens (tertiary/aromatic N) is 1. The molecule has 0 unspecified atom stereocenters. The van der Waals surface area contributed by atoms with Gasteiger partial charge in [-0.1, -0.05) is 0 Å². The predicted molar refractivity (Wildman–Crippen MR) is 61.5 cm³/mol. The van der Waals surface area contributed by atoms with E-state index < -0.39 is 21.9 Å². The summed E-state index contributed by atoms with van der Waals surface area (Å²) in [5.41, 5.74) is -0.0505. The Morgan fingerprint density at radius 2 is 2.06 bits per heavy atom. The van der Waals surface area contributed by atoms with E-state index in [9.17, 15) is 18.0 Å². The van der Waals surface area contributed by atoms with Crippen LogP contribution in [0.4, 0.5) is 0 Å². The molecule has 18 heavy (non-hydrogen) atoms. The fourth-order valence-corrected chi connectivity index (χ4v) is 1.44. The van der Waals surface area contributed by atoms with Gasteiger partial charge in [0.25, 0.3) is 5.91 Å². The van der Waals surface area contributed by atoms with Gasteiger partial charge in [-0.25, -0.2) is 18.4 Å². The smallest absolute Gasteiger partial charge is 0.337 e. The maximum atomic E-state index is 11.5. The molecule has 1 heterocycles. The molecule has 1 amide bonds. The first kappa shape index (κ1) is 14.1. The lowest BCUT2D eigenvalue weighted by atomic mass is 10.2. The maximum Gasteiger partial charge on any atom is 0.337 e. The van der Waals surface area contributed by atoms with Crippen LogP contribution in [0.3, 0.4) is 0 Å². The number of hydrogen-bond acceptors (Lipinski definition) is 5. The zero-order valence-electron chi connectivity index (χ0n) is 9.16. The molecule has 1 aromatic heterocycles. The third-order valence-corrected chi connectivity index (χ3v) is 2.69. The van der Waals surface area contributed by atoms with E-state index >= 15 is 0 Å². The Kier molecular flexibility index (Phi) is 4.34. The van der Waals surface area contributed by atoms with Crippen molar-refractivity contribution in [1.82, 2.24) is 10.3 Å². The number of hydrogen-bond donors (Lipinski definition) is 3. The lowest BCUT2D eigenvalue weighted by Gasteiger charge is -2.03. The Hall–Kier alpha value is -2.00. The molecule has 0 fully saturated rings. The molecule has 8 nitrogen and oxygen atoms in total. The van der Waals surface area contributed by atoms with Crippen LogP contribution in [0.15, 0.2) is 18.3 Å². The van der Waals surface area contributed by atoms with E-state index in [0.717, 1.165) is 6.20 Å². The number of sulfonamides is 1. The van der Waals surface area contributed by atoms with Gasteiger partial charge in [0.05, 0.1) is 11.3 Å². The van der Waals surface area contributed by atoms with Gasteiger partial charge in [0.2, 0.25) is 10.0 Å². The molecule has 98 valence electrons. The summed E-state index contributed by atoms with van der Waals surface area (Å²) in [6, 6.07) is 2.46. The first-order chi connectivity index (χ1) is 8.29. The van der Waals surface area contributed by atoms with Crippen LogP contribution in [-0.2, 0) is 10.0 Å².